The fourth-order valence-corrected chi connectivity index (χ4v) is 1.03. The molecule has 1 aromatic carbocycles. The Bertz CT molecular complexity index is 198. The molecule has 0 bridgehead atoms. The maximum Gasteiger partial charge on any atom is 0.293 e. The van der Waals surface area contributed by atoms with Gasteiger partial charge in [0.1, 0.15) is 0 Å². The molecule has 0 N–H and O–H groups in total. The van der Waals surface area contributed by atoms with E-state index in [1.54, 1.807) is 7.11 Å². The monoisotopic (exact) mass is 148 g/mol. The van der Waals surface area contributed by atoms with Crippen LogP contribution in [0.1, 0.15) is 5.56 Å². The van der Waals surface area contributed by atoms with E-state index in [0.717, 1.165) is 6.32 Å². The average molecular weight is 148 g/mol. The molecule has 0 spiro atoms. The van der Waals surface area contributed by atoms with Crippen LogP contribution < -0.4 is 0 Å². The van der Waals surface area contributed by atoms with Gasteiger partial charge in [0.05, 0.1) is 0 Å². The maximum atomic E-state index is 5.15. The molecule has 0 atom stereocenters. The first-order chi connectivity index (χ1) is 5.33. The van der Waals surface area contributed by atoms with E-state index in [1.165, 1.54) is 5.56 Å². The first kappa shape index (κ1) is 8.34. The lowest BCUT2D eigenvalue weighted by Crippen LogP contribution is -2.14. The summed E-state index contributed by atoms with van der Waals surface area (Å²) in [6.07, 6.45) is 0.997. The second kappa shape index (κ2) is 4.19. The average Bonchev–Trinajstić information content (AvgIpc) is 2.06. The molecule has 0 aliphatic rings. The predicted octanol–water partition coefficient (Wildman–Crippen LogP) is 2.04. The van der Waals surface area contributed by atoms with Crippen molar-refractivity contribution in [2.75, 3.05) is 7.11 Å². The van der Waals surface area contributed by atoms with Gasteiger partial charge in [0.2, 0.25) is 0 Å². The summed E-state index contributed by atoms with van der Waals surface area (Å²) in [5.41, 5.74) is 1.34. The Morgan fingerprint density at radius 2 is 1.91 bits per heavy atom. The van der Waals surface area contributed by atoms with Crippen molar-refractivity contribution in [1.82, 2.24) is 0 Å². The maximum absolute atomic E-state index is 5.15. The van der Waals surface area contributed by atoms with Gasteiger partial charge in [-0.05, 0) is 6.32 Å². The van der Waals surface area contributed by atoms with Crippen molar-refractivity contribution in [3.05, 3.63) is 35.9 Å². The summed E-state index contributed by atoms with van der Waals surface area (Å²) in [5, 5.41) is 0. The van der Waals surface area contributed by atoms with Gasteiger partial charge in [0.15, 0.2) is 0 Å². The van der Waals surface area contributed by atoms with Crippen molar-refractivity contribution in [3.63, 3.8) is 0 Å². The lowest BCUT2D eigenvalue weighted by molar-refractivity contribution is 0.423. The SMILES string of the molecule is COB(C)Cc1ccccc1. The minimum atomic E-state index is 0.317. The van der Waals surface area contributed by atoms with Gasteiger partial charge in [-0.15, -0.1) is 0 Å². The second-order valence-electron chi connectivity index (χ2n) is 2.74. The van der Waals surface area contributed by atoms with Gasteiger partial charge in [-0.2, -0.15) is 0 Å². The van der Waals surface area contributed by atoms with Crippen LogP contribution in [0.4, 0.5) is 0 Å². The van der Waals surface area contributed by atoms with E-state index in [0.29, 0.717) is 6.92 Å². The first-order valence-electron chi connectivity index (χ1n) is 3.89. The van der Waals surface area contributed by atoms with Gasteiger partial charge in [-0.3, -0.25) is 0 Å². The van der Waals surface area contributed by atoms with Gasteiger partial charge < -0.3 is 4.65 Å². The first-order valence-corrected chi connectivity index (χ1v) is 3.89. The summed E-state index contributed by atoms with van der Waals surface area (Å²) in [5.74, 6) is 0. The number of hydrogen-bond donors (Lipinski definition) is 0. The summed E-state index contributed by atoms with van der Waals surface area (Å²) in [6, 6.07) is 10.4. The van der Waals surface area contributed by atoms with Gasteiger partial charge in [0.25, 0.3) is 6.92 Å². The summed E-state index contributed by atoms with van der Waals surface area (Å²) in [6.45, 7) is 2.39. The van der Waals surface area contributed by atoms with E-state index in [-0.39, 0.29) is 0 Å². The number of hydrogen-bond acceptors (Lipinski definition) is 1. The lowest BCUT2D eigenvalue weighted by Gasteiger charge is -2.04. The van der Waals surface area contributed by atoms with Gasteiger partial charge in [-0.1, -0.05) is 42.7 Å². The third-order valence-electron chi connectivity index (χ3n) is 1.77. The lowest BCUT2D eigenvalue weighted by atomic mass is 9.65. The fraction of sp³-hybridized carbons (Fsp3) is 0.333. The quantitative estimate of drug-likeness (QED) is 0.596. The molecule has 1 rings (SSSR count). The molecule has 1 aromatic rings. The molecule has 0 aliphatic carbocycles. The zero-order chi connectivity index (χ0) is 8.10. The minimum absolute atomic E-state index is 0.317. The highest BCUT2D eigenvalue weighted by Crippen LogP contribution is 2.01. The van der Waals surface area contributed by atoms with E-state index in [4.69, 9.17) is 4.65 Å². The van der Waals surface area contributed by atoms with Crippen molar-refractivity contribution in [2.45, 2.75) is 13.1 Å². The Morgan fingerprint density at radius 3 is 2.45 bits per heavy atom. The molecule has 0 amide bonds. The molecule has 2 heteroatoms. The van der Waals surface area contributed by atoms with Crippen LogP contribution in [0.25, 0.3) is 0 Å². The van der Waals surface area contributed by atoms with Crippen LogP contribution in [-0.2, 0) is 11.0 Å². The highest BCUT2D eigenvalue weighted by atomic mass is 16.4. The molecule has 1 nitrogen and oxygen atoms in total. The van der Waals surface area contributed by atoms with Crippen LogP contribution in [0, 0.1) is 0 Å². The molecule has 0 heterocycles. The third-order valence-corrected chi connectivity index (χ3v) is 1.77. The molecule has 58 valence electrons. The Morgan fingerprint density at radius 1 is 1.27 bits per heavy atom. The molecule has 0 radical (unpaired) electrons. The summed E-state index contributed by atoms with van der Waals surface area (Å²) < 4.78 is 5.15. The number of benzene rings is 1. The molecule has 0 unspecified atom stereocenters. The van der Waals surface area contributed by atoms with Crippen LogP contribution in [0.15, 0.2) is 30.3 Å². The summed E-state index contributed by atoms with van der Waals surface area (Å²) in [4.78, 5) is 0. The molecule has 0 saturated carbocycles. The van der Waals surface area contributed by atoms with E-state index in [9.17, 15) is 0 Å². The molecule has 0 saturated heterocycles. The number of rotatable bonds is 3. The minimum Gasteiger partial charge on any atom is -0.438 e. The summed E-state index contributed by atoms with van der Waals surface area (Å²) >= 11 is 0. The zero-order valence-corrected chi connectivity index (χ0v) is 7.08. The Kier molecular flexibility index (Phi) is 3.18. The summed E-state index contributed by atoms with van der Waals surface area (Å²) in [7, 11) is 1.74. The molecule has 0 aliphatic heterocycles. The van der Waals surface area contributed by atoms with Gasteiger partial charge >= 0.3 is 0 Å². The topological polar surface area (TPSA) is 9.23 Å². The van der Waals surface area contributed by atoms with Gasteiger partial charge in [0, 0.05) is 7.11 Å². The van der Waals surface area contributed by atoms with E-state index in [2.05, 4.69) is 31.1 Å². The van der Waals surface area contributed by atoms with Crippen molar-refractivity contribution in [3.8, 4) is 0 Å². The van der Waals surface area contributed by atoms with Crippen molar-refractivity contribution >= 4 is 6.92 Å². The predicted molar refractivity (Wildman–Crippen MR) is 48.8 cm³/mol. The van der Waals surface area contributed by atoms with Crippen molar-refractivity contribution in [2.24, 2.45) is 0 Å². The van der Waals surface area contributed by atoms with Crippen LogP contribution >= 0.6 is 0 Å². The van der Waals surface area contributed by atoms with Crippen LogP contribution in [0.3, 0.4) is 0 Å². The molecule has 0 fully saturated rings. The largest absolute Gasteiger partial charge is 0.438 e. The van der Waals surface area contributed by atoms with E-state index in [1.807, 2.05) is 6.07 Å². The third kappa shape index (κ3) is 2.77. The van der Waals surface area contributed by atoms with Crippen molar-refractivity contribution in [1.29, 1.82) is 0 Å². The Hall–Kier alpha value is -0.755. The van der Waals surface area contributed by atoms with Gasteiger partial charge in [-0.25, -0.2) is 0 Å². The molecular formula is C9H13BO. The van der Waals surface area contributed by atoms with E-state index < -0.39 is 0 Å². The molecular weight excluding hydrogens is 135 g/mol. The van der Waals surface area contributed by atoms with Crippen molar-refractivity contribution < 1.29 is 4.65 Å². The highest BCUT2D eigenvalue weighted by molar-refractivity contribution is 6.49. The molecule has 0 aromatic heterocycles. The van der Waals surface area contributed by atoms with E-state index >= 15 is 0 Å². The standard InChI is InChI=1S/C9H13BO/c1-10(11-2)8-9-6-4-3-5-7-9/h3-7H,8H2,1-2H3. The smallest absolute Gasteiger partial charge is 0.293 e. The second-order valence-corrected chi connectivity index (χ2v) is 2.74. The van der Waals surface area contributed by atoms with Crippen LogP contribution in [-0.4, -0.2) is 14.0 Å². The van der Waals surface area contributed by atoms with Crippen LogP contribution in [0.5, 0.6) is 0 Å². The Balaban J connectivity index is 2.51. The fourth-order valence-electron chi connectivity index (χ4n) is 1.03. The van der Waals surface area contributed by atoms with Crippen LogP contribution in [0.2, 0.25) is 6.82 Å². The zero-order valence-electron chi connectivity index (χ0n) is 7.08. The normalized spacial score (nSPS) is 9.64. The molecule has 11 heavy (non-hydrogen) atoms. The highest BCUT2D eigenvalue weighted by Gasteiger charge is 2.05. The Labute approximate surface area is 68.5 Å².